The molecule has 0 atom stereocenters. The number of nitrogens with one attached hydrogen (secondary N) is 3. The Hall–Kier alpha value is -1.30. The molecule has 0 fully saturated rings. The molecule has 11 heteroatoms. The average Bonchev–Trinajstić information content (AvgIpc) is 3.03. The van der Waals surface area contributed by atoms with Gasteiger partial charge in [0, 0.05) is 6.07 Å². The Kier molecular flexibility index (Phi) is 4.86. The first-order valence-electron chi connectivity index (χ1n) is 5.74. The lowest BCUT2D eigenvalue weighted by molar-refractivity contribution is 0.464. The van der Waals surface area contributed by atoms with Crippen molar-refractivity contribution in [1.29, 1.82) is 0 Å². The third-order valence-corrected chi connectivity index (χ3v) is 4.61. The topological polar surface area (TPSA) is 126 Å². The molecule has 2 aromatic heterocycles. The van der Waals surface area contributed by atoms with Crippen molar-refractivity contribution in [1.82, 2.24) is 30.7 Å². The van der Waals surface area contributed by atoms with Gasteiger partial charge in [0.2, 0.25) is 10.0 Å². The second-order valence-corrected chi connectivity index (χ2v) is 6.24. The number of rotatable bonds is 7. The molecular formula is C9H13BrN6O3S. The number of hydrogen-bond donors (Lipinski definition) is 3. The first-order chi connectivity index (χ1) is 9.53. The third kappa shape index (κ3) is 3.62. The number of halogens is 1. The molecule has 0 spiro atoms. The summed E-state index contributed by atoms with van der Waals surface area (Å²) < 4.78 is 32.1. The number of hydrogen-bond acceptors (Lipinski definition) is 7. The number of H-pyrrole nitrogens is 1. The van der Waals surface area contributed by atoms with Gasteiger partial charge in [-0.25, -0.2) is 13.1 Å². The van der Waals surface area contributed by atoms with Crippen LogP contribution in [0.25, 0.3) is 0 Å². The van der Waals surface area contributed by atoms with Gasteiger partial charge in [0.05, 0.1) is 13.1 Å². The summed E-state index contributed by atoms with van der Waals surface area (Å²) in [5.74, 6) is 0.778. The quantitative estimate of drug-likeness (QED) is 0.637. The molecule has 2 heterocycles. The minimum atomic E-state index is -3.71. The van der Waals surface area contributed by atoms with E-state index in [0.29, 0.717) is 12.3 Å². The van der Waals surface area contributed by atoms with Gasteiger partial charge >= 0.3 is 0 Å². The van der Waals surface area contributed by atoms with E-state index in [0.717, 1.165) is 6.54 Å². The molecule has 9 nitrogen and oxygen atoms in total. The summed E-state index contributed by atoms with van der Waals surface area (Å²) in [7, 11) is -3.71. The lowest BCUT2D eigenvalue weighted by atomic mass is 10.4. The molecule has 2 rings (SSSR count). The normalized spacial score (nSPS) is 11.9. The molecule has 0 saturated heterocycles. The highest BCUT2D eigenvalue weighted by atomic mass is 79.9. The fourth-order valence-corrected chi connectivity index (χ4v) is 3.39. The summed E-state index contributed by atoms with van der Waals surface area (Å²) >= 11 is 3.10. The first-order valence-corrected chi connectivity index (χ1v) is 8.01. The van der Waals surface area contributed by atoms with Crippen LogP contribution in [-0.2, 0) is 23.1 Å². The third-order valence-electron chi connectivity index (χ3n) is 2.35. The lowest BCUT2D eigenvalue weighted by Gasteiger charge is -2.01. The molecule has 0 radical (unpaired) electrons. The number of nitrogens with zero attached hydrogens (tertiary/aromatic N) is 3. The van der Waals surface area contributed by atoms with Crippen molar-refractivity contribution in [3.8, 4) is 0 Å². The van der Waals surface area contributed by atoms with E-state index in [2.05, 4.69) is 46.6 Å². The van der Waals surface area contributed by atoms with Crippen LogP contribution in [0.4, 0.5) is 0 Å². The van der Waals surface area contributed by atoms with E-state index in [1.165, 1.54) is 6.07 Å². The van der Waals surface area contributed by atoms with E-state index in [9.17, 15) is 8.42 Å². The number of aromatic amines is 1. The average molecular weight is 365 g/mol. The summed E-state index contributed by atoms with van der Waals surface area (Å²) in [5, 5.41) is 16.0. The summed E-state index contributed by atoms with van der Waals surface area (Å²) in [6.45, 7) is 3.10. The van der Waals surface area contributed by atoms with Crippen LogP contribution in [0.3, 0.4) is 0 Å². The van der Waals surface area contributed by atoms with Gasteiger partial charge in [-0.3, -0.25) is 0 Å². The molecule has 0 amide bonds. The van der Waals surface area contributed by atoms with E-state index in [-0.39, 0.29) is 21.9 Å². The molecule has 2 aromatic rings. The Morgan fingerprint density at radius 1 is 1.45 bits per heavy atom. The zero-order valence-corrected chi connectivity index (χ0v) is 13.0. The van der Waals surface area contributed by atoms with Crippen molar-refractivity contribution < 1.29 is 12.8 Å². The predicted molar refractivity (Wildman–Crippen MR) is 72.0 cm³/mol. The van der Waals surface area contributed by atoms with Crippen LogP contribution in [0.5, 0.6) is 0 Å². The Morgan fingerprint density at radius 2 is 2.25 bits per heavy atom. The van der Waals surface area contributed by atoms with E-state index < -0.39 is 10.0 Å². The maximum atomic E-state index is 12.1. The minimum absolute atomic E-state index is 0.0360. The molecule has 0 unspecified atom stereocenters. The van der Waals surface area contributed by atoms with Crippen LogP contribution in [-0.4, -0.2) is 35.6 Å². The van der Waals surface area contributed by atoms with Gasteiger partial charge in [0.1, 0.15) is 10.7 Å². The second kappa shape index (κ2) is 6.43. The Morgan fingerprint density at radius 3 is 2.90 bits per heavy atom. The van der Waals surface area contributed by atoms with Gasteiger partial charge in [0.15, 0.2) is 10.5 Å². The van der Waals surface area contributed by atoms with Crippen LogP contribution in [0.1, 0.15) is 18.5 Å². The van der Waals surface area contributed by atoms with E-state index in [4.69, 9.17) is 4.42 Å². The van der Waals surface area contributed by atoms with Crippen molar-refractivity contribution in [3.63, 3.8) is 0 Å². The number of sulfonamides is 1. The molecule has 0 saturated carbocycles. The second-order valence-electron chi connectivity index (χ2n) is 3.78. The molecule has 0 aliphatic heterocycles. The minimum Gasteiger partial charge on any atom is -0.452 e. The highest BCUT2D eigenvalue weighted by Crippen LogP contribution is 2.26. The Balaban J connectivity index is 2.10. The Bertz CT molecular complexity index is 653. The highest BCUT2D eigenvalue weighted by Gasteiger charge is 2.22. The maximum absolute atomic E-state index is 12.1. The van der Waals surface area contributed by atoms with E-state index in [1.807, 2.05) is 6.92 Å². The van der Waals surface area contributed by atoms with Gasteiger partial charge in [-0.15, -0.1) is 10.2 Å². The van der Waals surface area contributed by atoms with Crippen molar-refractivity contribution in [2.24, 2.45) is 0 Å². The van der Waals surface area contributed by atoms with Crippen LogP contribution in [0.2, 0.25) is 0 Å². The van der Waals surface area contributed by atoms with Crippen molar-refractivity contribution in [2.45, 2.75) is 24.9 Å². The number of tetrazole rings is 1. The fraction of sp³-hybridized carbons (Fsp3) is 0.444. The molecule has 0 aliphatic carbocycles. The van der Waals surface area contributed by atoms with Crippen molar-refractivity contribution >= 4 is 26.0 Å². The molecule has 0 bridgehead atoms. The predicted octanol–water partition coefficient (Wildman–Crippen LogP) is 0.143. The van der Waals surface area contributed by atoms with Crippen LogP contribution >= 0.6 is 15.9 Å². The van der Waals surface area contributed by atoms with Gasteiger partial charge in [-0.1, -0.05) is 12.1 Å². The van der Waals surface area contributed by atoms with Crippen LogP contribution < -0.4 is 10.0 Å². The lowest BCUT2D eigenvalue weighted by Crippen LogP contribution is -2.23. The van der Waals surface area contributed by atoms with E-state index in [1.54, 1.807) is 0 Å². The maximum Gasteiger partial charge on any atom is 0.245 e. The van der Waals surface area contributed by atoms with Gasteiger partial charge in [-0.05, 0) is 22.5 Å². The largest absolute Gasteiger partial charge is 0.452 e. The summed E-state index contributed by atoms with van der Waals surface area (Å²) in [6.07, 6.45) is 0. The highest BCUT2D eigenvalue weighted by molar-refractivity contribution is 9.10. The zero-order chi connectivity index (χ0) is 14.6. The summed E-state index contributed by atoms with van der Waals surface area (Å²) in [6, 6.07) is 1.46. The standard InChI is InChI=1S/C9H13BrN6O3S/c1-2-11-4-6-3-7(9(10)19-6)20(17,18)12-5-8-13-15-16-14-8/h3,11-12H,2,4-5H2,1H3,(H,13,14,15,16). The molecular weight excluding hydrogens is 352 g/mol. The van der Waals surface area contributed by atoms with Gasteiger partial charge < -0.3 is 9.73 Å². The number of aromatic nitrogens is 4. The fourth-order valence-electron chi connectivity index (χ4n) is 1.41. The SMILES string of the molecule is CCNCc1cc(S(=O)(=O)NCc2nn[nH]n2)c(Br)o1. The zero-order valence-electron chi connectivity index (χ0n) is 10.6. The van der Waals surface area contributed by atoms with E-state index >= 15 is 0 Å². The van der Waals surface area contributed by atoms with Crippen molar-refractivity contribution in [3.05, 3.63) is 22.3 Å². The van der Waals surface area contributed by atoms with Crippen LogP contribution in [0, 0.1) is 0 Å². The monoisotopic (exact) mass is 364 g/mol. The molecule has 0 aromatic carbocycles. The summed E-state index contributed by atoms with van der Waals surface area (Å²) in [5.41, 5.74) is 0. The van der Waals surface area contributed by atoms with Crippen LogP contribution in [0.15, 0.2) is 20.0 Å². The number of furan rings is 1. The summed E-state index contributed by atoms with van der Waals surface area (Å²) in [4.78, 5) is 0.0360. The van der Waals surface area contributed by atoms with Gasteiger partial charge in [-0.2, -0.15) is 5.21 Å². The van der Waals surface area contributed by atoms with Crippen molar-refractivity contribution in [2.75, 3.05) is 6.54 Å². The molecule has 20 heavy (non-hydrogen) atoms. The smallest absolute Gasteiger partial charge is 0.245 e. The molecule has 110 valence electrons. The molecule has 3 N–H and O–H groups in total. The first kappa shape index (κ1) is 15.1. The Labute approximate surface area is 123 Å². The van der Waals surface area contributed by atoms with Gasteiger partial charge in [0.25, 0.3) is 0 Å². The molecule has 0 aliphatic rings.